The van der Waals surface area contributed by atoms with Gasteiger partial charge in [-0.25, -0.2) is 0 Å². The van der Waals surface area contributed by atoms with Crippen molar-refractivity contribution < 1.29 is 22.7 Å². The highest BCUT2D eigenvalue weighted by molar-refractivity contribution is 5.82. The highest BCUT2D eigenvalue weighted by atomic mass is 19.4. The van der Waals surface area contributed by atoms with Crippen LogP contribution in [0.25, 0.3) is 0 Å². The van der Waals surface area contributed by atoms with Gasteiger partial charge in [0.15, 0.2) is 5.78 Å². The number of halogens is 3. The lowest BCUT2D eigenvalue weighted by atomic mass is 9.79. The van der Waals surface area contributed by atoms with E-state index in [0.29, 0.717) is 19.4 Å². The number of carbonyl (C=O) groups is 1. The minimum Gasteiger partial charge on any atom is -0.374 e. The topological polar surface area (TPSA) is 26.3 Å². The molecule has 0 radical (unpaired) electrons. The van der Waals surface area contributed by atoms with Crippen LogP contribution in [0.3, 0.4) is 0 Å². The van der Waals surface area contributed by atoms with Crippen LogP contribution in [-0.2, 0) is 9.53 Å². The van der Waals surface area contributed by atoms with Crippen molar-refractivity contribution in [2.45, 2.75) is 45.2 Å². The summed E-state index contributed by atoms with van der Waals surface area (Å²) in [4.78, 5) is 11.7. The van der Waals surface area contributed by atoms with Crippen LogP contribution in [0.4, 0.5) is 13.2 Å². The summed E-state index contributed by atoms with van der Waals surface area (Å²) in [6.45, 7) is 2.37. The molecular weight excluding hydrogens is 233 g/mol. The summed E-state index contributed by atoms with van der Waals surface area (Å²) in [6, 6.07) is 0. The summed E-state index contributed by atoms with van der Waals surface area (Å²) in [5.74, 6) is -1.95. The molecule has 0 aromatic rings. The molecule has 2 unspecified atom stereocenters. The molecule has 1 fully saturated rings. The van der Waals surface area contributed by atoms with Crippen molar-refractivity contribution in [3.8, 4) is 0 Å². The Kier molecular flexibility index (Phi) is 5.43. The Morgan fingerprint density at radius 1 is 1.35 bits per heavy atom. The lowest BCUT2D eigenvalue weighted by molar-refractivity contribution is -0.186. The standard InChI is InChI=1S/C12H19F3O2/c1-2-6-17-8-11(16)9-4-3-5-10(7-9)12(13,14)15/h9-10H,2-8H2,1H3. The third-order valence-corrected chi connectivity index (χ3v) is 3.19. The lowest BCUT2D eigenvalue weighted by Crippen LogP contribution is -2.33. The van der Waals surface area contributed by atoms with E-state index in [0.717, 1.165) is 6.42 Å². The van der Waals surface area contributed by atoms with E-state index in [-0.39, 0.29) is 25.2 Å². The van der Waals surface area contributed by atoms with E-state index in [9.17, 15) is 18.0 Å². The molecule has 0 saturated heterocycles. The monoisotopic (exact) mass is 252 g/mol. The summed E-state index contributed by atoms with van der Waals surface area (Å²) >= 11 is 0. The fourth-order valence-corrected chi connectivity index (χ4v) is 2.21. The molecule has 100 valence electrons. The lowest BCUT2D eigenvalue weighted by Gasteiger charge is -2.29. The van der Waals surface area contributed by atoms with Crippen molar-refractivity contribution in [3.05, 3.63) is 0 Å². The molecule has 0 aliphatic heterocycles. The summed E-state index contributed by atoms with van der Waals surface area (Å²) in [5, 5.41) is 0. The maximum absolute atomic E-state index is 12.5. The van der Waals surface area contributed by atoms with Gasteiger partial charge < -0.3 is 4.74 Å². The second-order valence-corrected chi connectivity index (χ2v) is 4.62. The number of alkyl halides is 3. The molecule has 1 aliphatic rings. The molecule has 1 saturated carbocycles. The molecule has 1 aliphatic carbocycles. The number of carbonyl (C=O) groups excluding carboxylic acids is 1. The van der Waals surface area contributed by atoms with Gasteiger partial charge in [-0.1, -0.05) is 13.3 Å². The smallest absolute Gasteiger partial charge is 0.374 e. The molecule has 0 spiro atoms. The van der Waals surface area contributed by atoms with Gasteiger partial charge in [0, 0.05) is 12.5 Å². The summed E-state index contributed by atoms with van der Waals surface area (Å²) < 4.78 is 42.7. The summed E-state index contributed by atoms with van der Waals surface area (Å²) in [6.07, 6.45) is -2.21. The predicted octanol–water partition coefficient (Wildman–Crippen LogP) is 3.35. The zero-order valence-electron chi connectivity index (χ0n) is 10.1. The molecule has 0 bridgehead atoms. The van der Waals surface area contributed by atoms with Gasteiger partial charge >= 0.3 is 6.18 Å². The van der Waals surface area contributed by atoms with Crippen LogP contribution in [0, 0.1) is 11.8 Å². The SMILES string of the molecule is CCCOCC(=O)C1CCCC(C(F)(F)F)C1. The molecule has 0 aromatic carbocycles. The fraction of sp³-hybridized carbons (Fsp3) is 0.917. The van der Waals surface area contributed by atoms with Crippen LogP contribution < -0.4 is 0 Å². The average molecular weight is 252 g/mol. The van der Waals surface area contributed by atoms with E-state index < -0.39 is 18.0 Å². The zero-order valence-corrected chi connectivity index (χ0v) is 10.1. The number of rotatable bonds is 5. The Labute approximate surface area is 99.5 Å². The third kappa shape index (κ3) is 4.66. The average Bonchev–Trinajstić information content (AvgIpc) is 2.28. The van der Waals surface area contributed by atoms with Gasteiger partial charge in [0.25, 0.3) is 0 Å². The number of Topliss-reactive ketones (excluding diaryl/α,β-unsaturated/α-hetero) is 1. The van der Waals surface area contributed by atoms with Crippen molar-refractivity contribution >= 4 is 5.78 Å². The molecule has 0 aromatic heterocycles. The molecule has 0 amide bonds. The van der Waals surface area contributed by atoms with Gasteiger partial charge in [0.1, 0.15) is 6.61 Å². The van der Waals surface area contributed by atoms with Crippen LogP contribution in [-0.4, -0.2) is 25.2 Å². The first-order chi connectivity index (χ1) is 7.95. The Bertz CT molecular complexity index is 251. The number of ketones is 1. The van der Waals surface area contributed by atoms with E-state index in [1.54, 1.807) is 0 Å². The molecule has 2 atom stereocenters. The first-order valence-electron chi connectivity index (χ1n) is 6.12. The Morgan fingerprint density at radius 3 is 2.65 bits per heavy atom. The second kappa shape index (κ2) is 6.38. The minimum absolute atomic E-state index is 0.0386. The highest BCUT2D eigenvalue weighted by Crippen LogP contribution is 2.40. The molecule has 0 N–H and O–H groups in total. The molecule has 17 heavy (non-hydrogen) atoms. The Morgan fingerprint density at radius 2 is 2.06 bits per heavy atom. The van der Waals surface area contributed by atoms with Gasteiger partial charge in [-0.05, 0) is 25.7 Å². The second-order valence-electron chi connectivity index (χ2n) is 4.62. The first-order valence-corrected chi connectivity index (χ1v) is 6.12. The molecular formula is C12H19F3O2. The van der Waals surface area contributed by atoms with Crippen molar-refractivity contribution in [2.75, 3.05) is 13.2 Å². The maximum Gasteiger partial charge on any atom is 0.391 e. The Hall–Kier alpha value is -0.580. The van der Waals surface area contributed by atoms with Crippen LogP contribution in [0.2, 0.25) is 0 Å². The predicted molar refractivity (Wildman–Crippen MR) is 57.6 cm³/mol. The fourth-order valence-electron chi connectivity index (χ4n) is 2.21. The van der Waals surface area contributed by atoms with Crippen LogP contribution in [0.15, 0.2) is 0 Å². The summed E-state index contributed by atoms with van der Waals surface area (Å²) in [7, 11) is 0. The summed E-state index contributed by atoms with van der Waals surface area (Å²) in [5.41, 5.74) is 0. The van der Waals surface area contributed by atoms with Gasteiger partial charge in [-0.3, -0.25) is 4.79 Å². The molecule has 5 heteroatoms. The zero-order chi connectivity index (χ0) is 12.9. The maximum atomic E-state index is 12.5. The van der Waals surface area contributed by atoms with Crippen molar-refractivity contribution in [3.63, 3.8) is 0 Å². The van der Waals surface area contributed by atoms with Crippen LogP contribution >= 0.6 is 0 Å². The van der Waals surface area contributed by atoms with Gasteiger partial charge in [0.05, 0.1) is 5.92 Å². The van der Waals surface area contributed by atoms with Gasteiger partial charge in [-0.15, -0.1) is 0 Å². The largest absolute Gasteiger partial charge is 0.391 e. The van der Waals surface area contributed by atoms with Crippen LogP contribution in [0.1, 0.15) is 39.0 Å². The molecule has 1 rings (SSSR count). The van der Waals surface area contributed by atoms with Crippen molar-refractivity contribution in [1.82, 2.24) is 0 Å². The minimum atomic E-state index is -4.16. The third-order valence-electron chi connectivity index (χ3n) is 3.19. The molecule has 2 nitrogen and oxygen atoms in total. The van der Waals surface area contributed by atoms with Gasteiger partial charge in [-0.2, -0.15) is 13.2 Å². The molecule has 0 heterocycles. The van der Waals surface area contributed by atoms with Gasteiger partial charge in [0.2, 0.25) is 0 Å². The van der Waals surface area contributed by atoms with E-state index in [2.05, 4.69) is 0 Å². The number of ether oxygens (including phenoxy) is 1. The highest BCUT2D eigenvalue weighted by Gasteiger charge is 2.43. The van der Waals surface area contributed by atoms with E-state index in [1.165, 1.54) is 0 Å². The quantitative estimate of drug-likeness (QED) is 0.701. The van der Waals surface area contributed by atoms with Crippen LogP contribution in [0.5, 0.6) is 0 Å². The van der Waals surface area contributed by atoms with Crippen molar-refractivity contribution in [1.29, 1.82) is 0 Å². The normalized spacial score (nSPS) is 25.9. The van der Waals surface area contributed by atoms with Crippen molar-refractivity contribution in [2.24, 2.45) is 11.8 Å². The van der Waals surface area contributed by atoms with E-state index >= 15 is 0 Å². The number of hydrogen-bond acceptors (Lipinski definition) is 2. The van der Waals surface area contributed by atoms with E-state index in [1.807, 2.05) is 6.92 Å². The van der Waals surface area contributed by atoms with E-state index in [4.69, 9.17) is 4.74 Å². The number of hydrogen-bond donors (Lipinski definition) is 0. The first kappa shape index (κ1) is 14.5. The Balaban J connectivity index is 2.41.